The molecule has 0 aliphatic rings. The molecule has 0 spiro atoms. The first-order valence-electron chi connectivity index (χ1n) is 4.89. The maximum atomic E-state index is 5.78. The average Bonchev–Trinajstić information content (AvgIpc) is 2.27. The van der Waals surface area contributed by atoms with Crippen LogP contribution in [0, 0.1) is 0 Å². The third-order valence-corrected chi connectivity index (χ3v) is 3.35. The van der Waals surface area contributed by atoms with Crippen LogP contribution in [0.5, 0.6) is 0 Å². The Hall–Kier alpha value is -0.570. The summed E-state index contributed by atoms with van der Waals surface area (Å²) in [5.74, 6) is 0. The van der Waals surface area contributed by atoms with Gasteiger partial charge < -0.3 is 5.73 Å². The summed E-state index contributed by atoms with van der Waals surface area (Å²) in [7, 11) is 0. The summed E-state index contributed by atoms with van der Waals surface area (Å²) in [6.07, 6.45) is 0. The molecule has 0 atom stereocenters. The summed E-state index contributed by atoms with van der Waals surface area (Å²) < 4.78 is 0. The SMILES string of the molecule is CC(C)(C)c1nc(N)sc1C(C)(C)C. The number of nitrogen functional groups attached to an aromatic ring is 1. The van der Waals surface area contributed by atoms with Crippen molar-refractivity contribution in [3.8, 4) is 0 Å². The lowest BCUT2D eigenvalue weighted by Gasteiger charge is -2.24. The molecular weight excluding hydrogens is 192 g/mol. The Kier molecular flexibility index (Phi) is 2.65. The molecule has 2 nitrogen and oxygen atoms in total. The van der Waals surface area contributed by atoms with Crippen molar-refractivity contribution >= 4 is 16.5 Å². The number of thiazole rings is 1. The van der Waals surface area contributed by atoms with E-state index in [4.69, 9.17) is 5.73 Å². The highest BCUT2D eigenvalue weighted by atomic mass is 32.1. The van der Waals surface area contributed by atoms with Gasteiger partial charge in [-0.15, -0.1) is 11.3 Å². The van der Waals surface area contributed by atoms with Crippen LogP contribution in [0.4, 0.5) is 5.13 Å². The van der Waals surface area contributed by atoms with Gasteiger partial charge in [-0.25, -0.2) is 4.98 Å². The van der Waals surface area contributed by atoms with E-state index >= 15 is 0 Å². The van der Waals surface area contributed by atoms with E-state index in [0.29, 0.717) is 5.13 Å². The Labute approximate surface area is 90.6 Å². The van der Waals surface area contributed by atoms with Gasteiger partial charge in [0.15, 0.2) is 5.13 Å². The van der Waals surface area contributed by atoms with Crippen molar-refractivity contribution in [3.63, 3.8) is 0 Å². The molecular formula is C11H20N2S. The summed E-state index contributed by atoms with van der Waals surface area (Å²) in [6.45, 7) is 13.1. The van der Waals surface area contributed by atoms with Crippen molar-refractivity contribution in [1.82, 2.24) is 4.98 Å². The summed E-state index contributed by atoms with van der Waals surface area (Å²) in [5, 5.41) is 0.680. The van der Waals surface area contributed by atoms with Gasteiger partial charge in [-0.05, 0) is 5.41 Å². The van der Waals surface area contributed by atoms with Gasteiger partial charge in [-0.3, -0.25) is 0 Å². The van der Waals surface area contributed by atoms with Crippen LogP contribution in [0.2, 0.25) is 0 Å². The van der Waals surface area contributed by atoms with Gasteiger partial charge in [0.2, 0.25) is 0 Å². The maximum Gasteiger partial charge on any atom is 0.180 e. The number of anilines is 1. The van der Waals surface area contributed by atoms with Gasteiger partial charge in [0.25, 0.3) is 0 Å². The molecule has 0 unspecified atom stereocenters. The van der Waals surface area contributed by atoms with E-state index in [1.54, 1.807) is 11.3 Å². The van der Waals surface area contributed by atoms with Crippen molar-refractivity contribution in [3.05, 3.63) is 10.6 Å². The third kappa shape index (κ3) is 2.27. The van der Waals surface area contributed by atoms with E-state index in [0.717, 1.165) is 5.69 Å². The minimum atomic E-state index is 0.0801. The number of nitrogens with zero attached hydrogens (tertiary/aromatic N) is 1. The van der Waals surface area contributed by atoms with Crippen LogP contribution in [0.1, 0.15) is 52.1 Å². The zero-order valence-electron chi connectivity index (χ0n) is 9.93. The highest BCUT2D eigenvalue weighted by molar-refractivity contribution is 7.15. The molecule has 2 N–H and O–H groups in total. The minimum Gasteiger partial charge on any atom is -0.375 e. The number of aromatic nitrogens is 1. The second-order valence-corrected chi connectivity index (χ2v) is 6.76. The average molecular weight is 212 g/mol. The van der Waals surface area contributed by atoms with Crippen LogP contribution in [-0.4, -0.2) is 4.98 Å². The highest BCUT2D eigenvalue weighted by Crippen LogP contribution is 2.38. The topological polar surface area (TPSA) is 38.9 Å². The lowest BCUT2D eigenvalue weighted by Crippen LogP contribution is -2.20. The van der Waals surface area contributed by atoms with Gasteiger partial charge in [0.05, 0.1) is 5.69 Å². The van der Waals surface area contributed by atoms with Gasteiger partial charge in [0, 0.05) is 10.3 Å². The van der Waals surface area contributed by atoms with Crippen LogP contribution >= 0.6 is 11.3 Å². The van der Waals surface area contributed by atoms with Gasteiger partial charge in [-0.1, -0.05) is 41.5 Å². The van der Waals surface area contributed by atoms with E-state index in [1.807, 2.05) is 0 Å². The normalized spacial score (nSPS) is 13.3. The number of rotatable bonds is 0. The zero-order valence-corrected chi connectivity index (χ0v) is 10.7. The van der Waals surface area contributed by atoms with Crippen molar-refractivity contribution in [1.29, 1.82) is 0 Å². The van der Waals surface area contributed by atoms with Crippen LogP contribution < -0.4 is 5.73 Å². The van der Waals surface area contributed by atoms with Crippen LogP contribution in [0.3, 0.4) is 0 Å². The highest BCUT2D eigenvalue weighted by Gasteiger charge is 2.29. The molecule has 3 heteroatoms. The molecule has 1 heterocycles. The third-order valence-electron chi connectivity index (χ3n) is 2.04. The molecule has 0 radical (unpaired) electrons. The maximum absolute atomic E-state index is 5.78. The summed E-state index contributed by atoms with van der Waals surface area (Å²) >= 11 is 1.61. The van der Waals surface area contributed by atoms with E-state index in [2.05, 4.69) is 46.5 Å². The second-order valence-electron chi connectivity index (χ2n) is 5.73. The fourth-order valence-electron chi connectivity index (χ4n) is 1.35. The van der Waals surface area contributed by atoms with E-state index < -0.39 is 0 Å². The quantitative estimate of drug-likeness (QED) is 0.716. The molecule has 0 aliphatic carbocycles. The van der Waals surface area contributed by atoms with E-state index in [-0.39, 0.29) is 10.8 Å². The lowest BCUT2D eigenvalue weighted by molar-refractivity contribution is 0.527. The van der Waals surface area contributed by atoms with Crippen molar-refractivity contribution in [2.45, 2.75) is 52.4 Å². The van der Waals surface area contributed by atoms with Crippen molar-refractivity contribution in [2.75, 3.05) is 5.73 Å². The lowest BCUT2D eigenvalue weighted by atomic mass is 9.84. The largest absolute Gasteiger partial charge is 0.375 e. The second kappa shape index (κ2) is 3.23. The van der Waals surface area contributed by atoms with Crippen molar-refractivity contribution < 1.29 is 0 Å². The molecule has 0 bridgehead atoms. The zero-order chi connectivity index (χ0) is 11.1. The fraction of sp³-hybridized carbons (Fsp3) is 0.727. The standard InChI is InChI=1S/C11H20N2S/c1-10(2,3)7-8(11(4,5)6)14-9(12)13-7/h1-6H3,(H2,12,13). The molecule has 1 aromatic rings. The molecule has 14 heavy (non-hydrogen) atoms. The molecule has 0 saturated carbocycles. The summed E-state index contributed by atoms with van der Waals surface area (Å²) in [5.41, 5.74) is 7.14. The predicted molar refractivity (Wildman–Crippen MR) is 63.9 cm³/mol. The Bertz CT molecular complexity index is 295. The Balaban J connectivity index is 3.31. The van der Waals surface area contributed by atoms with Crippen LogP contribution in [0.25, 0.3) is 0 Å². The fourth-order valence-corrected chi connectivity index (χ4v) is 2.45. The molecule has 0 amide bonds. The number of nitrogens with two attached hydrogens (primary N) is 1. The Morgan fingerprint density at radius 3 is 1.79 bits per heavy atom. The molecule has 0 aromatic carbocycles. The molecule has 0 saturated heterocycles. The smallest absolute Gasteiger partial charge is 0.180 e. The summed E-state index contributed by atoms with van der Waals surface area (Å²) in [4.78, 5) is 5.75. The van der Waals surface area contributed by atoms with Gasteiger partial charge >= 0.3 is 0 Å². The van der Waals surface area contributed by atoms with Gasteiger partial charge in [-0.2, -0.15) is 0 Å². The molecule has 0 fully saturated rings. The monoisotopic (exact) mass is 212 g/mol. The van der Waals surface area contributed by atoms with Crippen molar-refractivity contribution in [2.24, 2.45) is 0 Å². The first-order chi connectivity index (χ1) is 6.12. The first kappa shape index (κ1) is 11.5. The molecule has 1 rings (SSSR count). The van der Waals surface area contributed by atoms with E-state index in [9.17, 15) is 0 Å². The first-order valence-corrected chi connectivity index (χ1v) is 5.71. The van der Waals surface area contributed by atoms with Gasteiger partial charge in [0.1, 0.15) is 0 Å². The molecule has 80 valence electrons. The number of hydrogen-bond donors (Lipinski definition) is 1. The van der Waals surface area contributed by atoms with Crippen LogP contribution in [-0.2, 0) is 10.8 Å². The predicted octanol–water partition coefficient (Wildman–Crippen LogP) is 3.32. The molecule has 0 aliphatic heterocycles. The van der Waals surface area contributed by atoms with Crippen LogP contribution in [0.15, 0.2) is 0 Å². The number of hydrogen-bond acceptors (Lipinski definition) is 3. The van der Waals surface area contributed by atoms with E-state index in [1.165, 1.54) is 4.88 Å². The molecule has 1 aromatic heterocycles. The summed E-state index contributed by atoms with van der Waals surface area (Å²) in [6, 6.07) is 0. The Morgan fingerprint density at radius 1 is 1.00 bits per heavy atom. The minimum absolute atomic E-state index is 0.0801. The Morgan fingerprint density at radius 2 is 1.50 bits per heavy atom.